The van der Waals surface area contributed by atoms with Crippen LogP contribution in [0.25, 0.3) is 0 Å². The first-order valence-corrected chi connectivity index (χ1v) is 8.87. The van der Waals surface area contributed by atoms with Gasteiger partial charge in [-0.3, -0.25) is 4.79 Å². The Morgan fingerprint density at radius 1 is 1.17 bits per heavy atom. The van der Waals surface area contributed by atoms with E-state index in [9.17, 15) is 14.0 Å². The summed E-state index contributed by atoms with van der Waals surface area (Å²) in [6.07, 6.45) is 0.472. The monoisotopic (exact) mass is 356 g/mol. The van der Waals surface area contributed by atoms with Gasteiger partial charge in [0.25, 0.3) is 0 Å². The summed E-state index contributed by atoms with van der Waals surface area (Å²) in [5, 5.41) is 5.39. The molecule has 0 aliphatic carbocycles. The maximum absolute atomic E-state index is 13.4. The Morgan fingerprint density at radius 3 is 2.50 bits per heavy atom. The zero-order chi connectivity index (χ0) is 18.0. The molecule has 7 heteroatoms. The van der Waals surface area contributed by atoms with Gasteiger partial charge >= 0.3 is 6.09 Å². The molecule has 2 N–H and O–H groups in total. The fraction of sp³-hybridized carbons (Fsp3) is 0.529. The molecule has 0 fully saturated rings. The highest BCUT2D eigenvalue weighted by molar-refractivity contribution is 7.99. The van der Waals surface area contributed by atoms with E-state index in [-0.39, 0.29) is 11.7 Å². The first-order valence-electron chi connectivity index (χ1n) is 7.89. The largest absolute Gasteiger partial charge is 0.444 e. The van der Waals surface area contributed by atoms with Gasteiger partial charge in [0.05, 0.1) is 0 Å². The number of carbonyl (C=O) groups is 2. The van der Waals surface area contributed by atoms with E-state index in [1.807, 2.05) is 0 Å². The van der Waals surface area contributed by atoms with Crippen molar-refractivity contribution in [2.75, 3.05) is 18.8 Å². The third-order valence-corrected chi connectivity index (χ3v) is 3.82. The number of ether oxygens (including phenoxy) is 1. The minimum atomic E-state index is -0.520. The highest BCUT2D eigenvalue weighted by Crippen LogP contribution is 2.21. The van der Waals surface area contributed by atoms with Gasteiger partial charge < -0.3 is 15.4 Å². The minimum Gasteiger partial charge on any atom is -0.444 e. The van der Waals surface area contributed by atoms with Crippen LogP contribution in [0, 0.1) is 5.82 Å². The predicted molar refractivity (Wildman–Crippen MR) is 93.6 cm³/mol. The van der Waals surface area contributed by atoms with Gasteiger partial charge in [0.15, 0.2) is 0 Å². The number of carbonyl (C=O) groups excluding carboxylic acids is 2. The number of halogens is 1. The molecule has 0 saturated carbocycles. The number of thioether (sulfide) groups is 1. The van der Waals surface area contributed by atoms with Gasteiger partial charge in [0.1, 0.15) is 11.4 Å². The quantitative estimate of drug-likeness (QED) is 0.554. The SMILES string of the molecule is CC(C)(C)OC(=O)NCCCNC(=O)CCSc1ccccc1F. The van der Waals surface area contributed by atoms with E-state index in [2.05, 4.69) is 10.6 Å². The fourth-order valence-electron chi connectivity index (χ4n) is 1.72. The molecule has 0 unspecified atom stereocenters. The number of alkyl carbamates (subject to hydrolysis) is 1. The predicted octanol–water partition coefficient (Wildman–Crippen LogP) is 3.34. The highest BCUT2D eigenvalue weighted by Gasteiger charge is 2.15. The fourth-order valence-corrected chi connectivity index (χ4v) is 2.61. The molecule has 0 radical (unpaired) electrons. The van der Waals surface area contributed by atoms with E-state index < -0.39 is 11.7 Å². The number of hydrogen-bond acceptors (Lipinski definition) is 4. The standard InChI is InChI=1S/C17H25FN2O3S/c1-17(2,3)23-16(22)20-11-6-10-19-15(21)9-12-24-14-8-5-4-7-13(14)18/h4-5,7-8H,6,9-12H2,1-3H3,(H,19,21)(H,20,22). The molecular formula is C17H25FN2O3S. The van der Waals surface area contributed by atoms with Crippen molar-refractivity contribution < 1.29 is 18.7 Å². The molecule has 1 rings (SSSR count). The van der Waals surface area contributed by atoms with Gasteiger partial charge in [-0.15, -0.1) is 11.8 Å². The van der Waals surface area contributed by atoms with Crippen LogP contribution in [0.15, 0.2) is 29.2 Å². The second kappa shape index (κ2) is 10.2. The van der Waals surface area contributed by atoms with Crippen molar-refractivity contribution in [1.29, 1.82) is 0 Å². The van der Waals surface area contributed by atoms with E-state index in [0.29, 0.717) is 36.6 Å². The Hall–Kier alpha value is -1.76. The Kier molecular flexibility index (Phi) is 8.60. The smallest absolute Gasteiger partial charge is 0.407 e. The first-order chi connectivity index (χ1) is 11.3. The minimum absolute atomic E-state index is 0.0869. The molecular weight excluding hydrogens is 331 g/mol. The molecule has 0 aliphatic rings. The third-order valence-electron chi connectivity index (χ3n) is 2.77. The Bertz CT molecular complexity index is 547. The Morgan fingerprint density at radius 2 is 1.83 bits per heavy atom. The van der Waals surface area contributed by atoms with Gasteiger partial charge in [0, 0.05) is 30.2 Å². The van der Waals surface area contributed by atoms with E-state index >= 15 is 0 Å². The lowest BCUT2D eigenvalue weighted by Gasteiger charge is -2.19. The van der Waals surface area contributed by atoms with Crippen molar-refractivity contribution in [3.05, 3.63) is 30.1 Å². The van der Waals surface area contributed by atoms with Crippen molar-refractivity contribution in [1.82, 2.24) is 10.6 Å². The van der Waals surface area contributed by atoms with Crippen LogP contribution in [0.2, 0.25) is 0 Å². The summed E-state index contributed by atoms with van der Waals surface area (Å²) in [6, 6.07) is 6.50. The average Bonchev–Trinajstić information content (AvgIpc) is 2.47. The van der Waals surface area contributed by atoms with Crippen molar-refractivity contribution in [2.45, 2.75) is 44.1 Å². The molecule has 0 bridgehead atoms. The van der Waals surface area contributed by atoms with Crippen LogP contribution in [0.3, 0.4) is 0 Å². The molecule has 0 heterocycles. The Labute approximate surface area is 146 Å². The zero-order valence-electron chi connectivity index (χ0n) is 14.4. The van der Waals surface area contributed by atoms with E-state index in [0.717, 1.165) is 0 Å². The van der Waals surface area contributed by atoms with Gasteiger partial charge in [-0.25, -0.2) is 9.18 Å². The van der Waals surface area contributed by atoms with Crippen LogP contribution < -0.4 is 10.6 Å². The van der Waals surface area contributed by atoms with Crippen molar-refractivity contribution in [2.24, 2.45) is 0 Å². The maximum atomic E-state index is 13.4. The summed E-state index contributed by atoms with van der Waals surface area (Å²) in [4.78, 5) is 23.6. The van der Waals surface area contributed by atoms with Crippen LogP contribution in [0.4, 0.5) is 9.18 Å². The van der Waals surface area contributed by atoms with Gasteiger partial charge in [-0.05, 0) is 39.3 Å². The topological polar surface area (TPSA) is 67.4 Å². The van der Waals surface area contributed by atoms with Crippen LogP contribution in [-0.2, 0) is 9.53 Å². The van der Waals surface area contributed by atoms with Crippen molar-refractivity contribution >= 4 is 23.8 Å². The molecule has 0 spiro atoms. The summed E-state index contributed by atoms with van der Waals surface area (Å²) < 4.78 is 18.5. The maximum Gasteiger partial charge on any atom is 0.407 e. The van der Waals surface area contributed by atoms with E-state index in [1.165, 1.54) is 17.8 Å². The van der Waals surface area contributed by atoms with E-state index in [4.69, 9.17) is 4.74 Å². The summed E-state index contributed by atoms with van der Waals surface area (Å²) in [5.74, 6) is 0.162. The van der Waals surface area contributed by atoms with Crippen LogP contribution in [-0.4, -0.2) is 36.4 Å². The second-order valence-electron chi connectivity index (χ2n) is 6.16. The molecule has 1 aromatic carbocycles. The van der Waals surface area contributed by atoms with Gasteiger partial charge in [-0.2, -0.15) is 0 Å². The first kappa shape index (κ1) is 20.3. The molecule has 0 atom stereocenters. The molecule has 2 amide bonds. The normalized spacial score (nSPS) is 11.0. The van der Waals surface area contributed by atoms with Gasteiger partial charge in [0.2, 0.25) is 5.91 Å². The molecule has 134 valence electrons. The lowest BCUT2D eigenvalue weighted by molar-refractivity contribution is -0.120. The highest BCUT2D eigenvalue weighted by atomic mass is 32.2. The van der Waals surface area contributed by atoms with Crippen molar-refractivity contribution in [3.63, 3.8) is 0 Å². The lowest BCUT2D eigenvalue weighted by Crippen LogP contribution is -2.34. The summed E-state index contributed by atoms with van der Waals surface area (Å²) in [7, 11) is 0. The van der Waals surface area contributed by atoms with E-state index in [1.54, 1.807) is 39.0 Å². The molecule has 5 nitrogen and oxygen atoms in total. The molecule has 24 heavy (non-hydrogen) atoms. The number of hydrogen-bond donors (Lipinski definition) is 2. The number of benzene rings is 1. The molecule has 0 aromatic heterocycles. The van der Waals surface area contributed by atoms with Crippen LogP contribution >= 0.6 is 11.8 Å². The summed E-state index contributed by atoms with van der Waals surface area (Å²) >= 11 is 1.32. The average molecular weight is 356 g/mol. The zero-order valence-corrected chi connectivity index (χ0v) is 15.2. The number of amides is 2. The second-order valence-corrected chi connectivity index (χ2v) is 7.30. The number of nitrogens with one attached hydrogen (secondary N) is 2. The van der Waals surface area contributed by atoms with Crippen LogP contribution in [0.5, 0.6) is 0 Å². The summed E-state index contributed by atoms with van der Waals surface area (Å²) in [5.41, 5.74) is -0.520. The molecule has 1 aromatic rings. The lowest BCUT2D eigenvalue weighted by atomic mass is 10.2. The third kappa shape index (κ3) is 9.39. The number of rotatable bonds is 8. The molecule has 0 aliphatic heterocycles. The molecule has 0 saturated heterocycles. The van der Waals surface area contributed by atoms with Crippen LogP contribution in [0.1, 0.15) is 33.6 Å². The van der Waals surface area contributed by atoms with Gasteiger partial charge in [-0.1, -0.05) is 12.1 Å². The summed E-state index contributed by atoms with van der Waals surface area (Å²) in [6.45, 7) is 6.29. The van der Waals surface area contributed by atoms with Crippen molar-refractivity contribution in [3.8, 4) is 0 Å². The Balaban J connectivity index is 2.06.